The van der Waals surface area contributed by atoms with E-state index in [9.17, 15) is 8.78 Å². The molecule has 0 saturated carbocycles. The monoisotopic (exact) mass is 286 g/mol. The molecule has 7 heteroatoms. The molecule has 0 bridgehead atoms. The van der Waals surface area contributed by atoms with Crippen LogP contribution >= 0.6 is 0 Å². The van der Waals surface area contributed by atoms with Gasteiger partial charge >= 0.3 is 0 Å². The van der Waals surface area contributed by atoms with Gasteiger partial charge in [0.25, 0.3) is 6.43 Å². The van der Waals surface area contributed by atoms with Crippen molar-refractivity contribution in [3.63, 3.8) is 0 Å². The summed E-state index contributed by atoms with van der Waals surface area (Å²) in [5, 5.41) is 0. The number of alkyl halides is 2. The highest BCUT2D eigenvalue weighted by atomic mass is 19.3. The minimum absolute atomic E-state index is 0.170. The van der Waals surface area contributed by atoms with Gasteiger partial charge in [0.1, 0.15) is 0 Å². The summed E-state index contributed by atoms with van der Waals surface area (Å²) in [7, 11) is 0. The van der Waals surface area contributed by atoms with Crippen LogP contribution in [-0.4, -0.2) is 42.0 Å². The first-order valence-corrected chi connectivity index (χ1v) is 6.48. The van der Waals surface area contributed by atoms with Gasteiger partial charge < -0.3 is 15.4 Å². The topological polar surface area (TPSA) is 63.7 Å². The van der Waals surface area contributed by atoms with Crippen LogP contribution in [0.4, 0.5) is 8.78 Å². The molecule has 5 nitrogen and oxygen atoms in total. The van der Waals surface area contributed by atoms with Gasteiger partial charge in [-0.3, -0.25) is 0 Å². The maximum Gasteiger partial charge on any atom is 0.272 e. The number of aromatic nitrogens is 1. The first kappa shape index (κ1) is 16.1. The van der Waals surface area contributed by atoms with Crippen molar-refractivity contribution in [3.8, 4) is 5.88 Å². The van der Waals surface area contributed by atoms with E-state index in [0.717, 1.165) is 13.1 Å². The van der Waals surface area contributed by atoms with E-state index < -0.39 is 13.0 Å². The number of pyridine rings is 1. The Labute approximate surface area is 117 Å². The number of ether oxygens (including phenoxy) is 1. The van der Waals surface area contributed by atoms with E-state index in [1.807, 2.05) is 18.7 Å². The summed E-state index contributed by atoms with van der Waals surface area (Å²) >= 11 is 0. The second-order valence-electron chi connectivity index (χ2n) is 4.02. The zero-order valence-corrected chi connectivity index (χ0v) is 11.7. The molecule has 20 heavy (non-hydrogen) atoms. The van der Waals surface area contributed by atoms with Crippen molar-refractivity contribution in [3.05, 3.63) is 23.9 Å². The third-order valence-electron chi connectivity index (χ3n) is 2.69. The summed E-state index contributed by atoms with van der Waals surface area (Å²) in [6.45, 7) is 5.04. The number of nitrogens with two attached hydrogens (primary N) is 1. The molecule has 0 unspecified atom stereocenters. The van der Waals surface area contributed by atoms with Crippen LogP contribution in [0.3, 0.4) is 0 Å². The van der Waals surface area contributed by atoms with Crippen molar-refractivity contribution in [1.29, 1.82) is 0 Å². The summed E-state index contributed by atoms with van der Waals surface area (Å²) in [5.74, 6) is 0.586. The highest BCUT2D eigenvalue weighted by Gasteiger charge is 2.09. The van der Waals surface area contributed by atoms with Crippen LogP contribution in [0.25, 0.3) is 0 Å². The molecule has 1 heterocycles. The molecule has 0 aliphatic rings. The van der Waals surface area contributed by atoms with Crippen molar-refractivity contribution in [2.45, 2.75) is 26.8 Å². The number of aliphatic imine (C=N–C) groups is 1. The van der Waals surface area contributed by atoms with Gasteiger partial charge in [0.05, 0.1) is 6.54 Å². The van der Waals surface area contributed by atoms with Crippen LogP contribution in [0.2, 0.25) is 0 Å². The number of halogens is 2. The Morgan fingerprint density at radius 3 is 2.75 bits per heavy atom. The molecule has 0 aliphatic carbocycles. The molecule has 0 atom stereocenters. The van der Waals surface area contributed by atoms with Crippen molar-refractivity contribution in [1.82, 2.24) is 9.88 Å². The largest absolute Gasteiger partial charge is 0.471 e. The minimum atomic E-state index is -2.53. The summed E-state index contributed by atoms with van der Waals surface area (Å²) in [6.07, 6.45) is -1.05. The summed E-state index contributed by atoms with van der Waals surface area (Å²) in [5.41, 5.74) is 6.48. The van der Waals surface area contributed by atoms with E-state index in [-0.39, 0.29) is 12.4 Å². The maximum absolute atomic E-state index is 12.2. The zero-order chi connectivity index (χ0) is 15.0. The van der Waals surface area contributed by atoms with Gasteiger partial charge in [0.15, 0.2) is 12.6 Å². The first-order valence-electron chi connectivity index (χ1n) is 6.48. The fraction of sp³-hybridized carbons (Fsp3) is 0.538. The molecular weight excluding hydrogens is 266 g/mol. The van der Waals surface area contributed by atoms with Gasteiger partial charge in [0.2, 0.25) is 5.88 Å². The first-order chi connectivity index (χ1) is 9.58. The van der Waals surface area contributed by atoms with E-state index in [2.05, 4.69) is 9.98 Å². The lowest BCUT2D eigenvalue weighted by molar-refractivity contribution is 0.0791. The highest BCUT2D eigenvalue weighted by molar-refractivity contribution is 5.78. The third kappa shape index (κ3) is 4.99. The average Bonchev–Trinajstić information content (AvgIpc) is 2.45. The second-order valence-corrected chi connectivity index (χ2v) is 4.02. The lowest BCUT2D eigenvalue weighted by Gasteiger charge is -2.19. The smallest absolute Gasteiger partial charge is 0.272 e. The quantitative estimate of drug-likeness (QED) is 0.614. The molecule has 0 saturated heterocycles. The van der Waals surface area contributed by atoms with E-state index in [1.165, 1.54) is 6.20 Å². The molecule has 0 spiro atoms. The highest BCUT2D eigenvalue weighted by Crippen LogP contribution is 2.16. The van der Waals surface area contributed by atoms with Gasteiger partial charge in [-0.2, -0.15) is 0 Å². The number of rotatable bonds is 7. The minimum Gasteiger partial charge on any atom is -0.471 e. The van der Waals surface area contributed by atoms with Crippen molar-refractivity contribution < 1.29 is 13.5 Å². The van der Waals surface area contributed by atoms with Gasteiger partial charge in [-0.1, -0.05) is 6.07 Å². The van der Waals surface area contributed by atoms with Gasteiger partial charge in [-0.05, 0) is 19.9 Å². The molecule has 0 aromatic carbocycles. The van der Waals surface area contributed by atoms with Gasteiger partial charge in [0, 0.05) is 24.8 Å². The Hall–Kier alpha value is -1.92. The lowest BCUT2D eigenvalue weighted by atomic mass is 10.3. The van der Waals surface area contributed by atoms with Crippen molar-refractivity contribution in [2.75, 3.05) is 19.7 Å². The van der Waals surface area contributed by atoms with Crippen LogP contribution in [0.15, 0.2) is 23.3 Å². The fourth-order valence-corrected chi connectivity index (χ4v) is 1.63. The fourth-order valence-electron chi connectivity index (χ4n) is 1.63. The zero-order valence-electron chi connectivity index (χ0n) is 11.7. The number of hydrogen-bond acceptors (Lipinski definition) is 3. The standard InChI is InChI=1S/C13H20F2N4O/c1-3-19(4-2)13(16)18-8-10-6-5-7-17-12(10)20-9-11(14)15/h5-7,11H,3-4,8-9H2,1-2H3,(H2,16,18). The van der Waals surface area contributed by atoms with E-state index in [0.29, 0.717) is 11.5 Å². The Kier molecular flexibility index (Phi) is 6.69. The molecule has 2 N–H and O–H groups in total. The van der Waals surface area contributed by atoms with Crippen LogP contribution in [-0.2, 0) is 6.54 Å². The number of guanidine groups is 1. The van der Waals surface area contributed by atoms with E-state index >= 15 is 0 Å². The number of hydrogen-bond donors (Lipinski definition) is 1. The number of nitrogens with zero attached hydrogens (tertiary/aromatic N) is 3. The van der Waals surface area contributed by atoms with Crippen LogP contribution in [0.5, 0.6) is 5.88 Å². The molecule has 0 amide bonds. The Bertz CT molecular complexity index is 436. The molecule has 1 aromatic rings. The third-order valence-corrected chi connectivity index (χ3v) is 2.69. The van der Waals surface area contributed by atoms with Crippen molar-refractivity contribution >= 4 is 5.96 Å². The normalized spacial score (nSPS) is 11.8. The summed E-state index contributed by atoms with van der Waals surface area (Å²) in [4.78, 5) is 10.1. The molecule has 0 fully saturated rings. The molecule has 0 aliphatic heterocycles. The Morgan fingerprint density at radius 1 is 1.45 bits per heavy atom. The van der Waals surface area contributed by atoms with Crippen LogP contribution in [0, 0.1) is 0 Å². The van der Waals surface area contributed by atoms with Crippen molar-refractivity contribution in [2.24, 2.45) is 10.7 Å². The predicted molar refractivity (Wildman–Crippen MR) is 74.0 cm³/mol. The van der Waals surface area contributed by atoms with E-state index in [1.54, 1.807) is 12.1 Å². The Balaban J connectivity index is 2.74. The summed E-state index contributed by atoms with van der Waals surface area (Å²) < 4.78 is 29.3. The van der Waals surface area contributed by atoms with Crippen LogP contribution in [0.1, 0.15) is 19.4 Å². The molecule has 1 rings (SSSR count). The lowest BCUT2D eigenvalue weighted by Crippen LogP contribution is -2.37. The second kappa shape index (κ2) is 8.29. The average molecular weight is 286 g/mol. The molecular formula is C13H20F2N4O. The molecule has 1 aromatic heterocycles. The SMILES string of the molecule is CCN(CC)C(N)=NCc1cccnc1OCC(F)F. The summed E-state index contributed by atoms with van der Waals surface area (Å²) in [6, 6.07) is 3.43. The molecule has 112 valence electrons. The maximum atomic E-state index is 12.2. The Morgan fingerprint density at radius 2 is 2.15 bits per heavy atom. The predicted octanol–water partition coefficient (Wildman–Crippen LogP) is 1.88. The molecule has 0 radical (unpaired) electrons. The van der Waals surface area contributed by atoms with Crippen LogP contribution < -0.4 is 10.5 Å². The van der Waals surface area contributed by atoms with Gasteiger partial charge in [-0.15, -0.1) is 0 Å². The van der Waals surface area contributed by atoms with E-state index in [4.69, 9.17) is 10.5 Å². The van der Waals surface area contributed by atoms with Gasteiger partial charge in [-0.25, -0.2) is 18.8 Å².